The Balaban J connectivity index is 2.37. The molecule has 0 saturated heterocycles. The predicted molar refractivity (Wildman–Crippen MR) is 84.9 cm³/mol. The largest absolute Gasteiger partial charge is 0.449 e. The molecule has 0 aliphatic carbocycles. The summed E-state index contributed by atoms with van der Waals surface area (Å²) in [6.07, 6.45) is 0. The fraction of sp³-hybridized carbons (Fsp3) is 0.143. The maximum Gasteiger partial charge on any atom is 0.313 e. The van der Waals surface area contributed by atoms with E-state index in [2.05, 4.69) is 15.9 Å². The molecule has 0 heterocycles. The van der Waals surface area contributed by atoms with E-state index < -0.39 is 4.92 Å². The van der Waals surface area contributed by atoms with Crippen LogP contribution >= 0.6 is 27.5 Å². The summed E-state index contributed by atoms with van der Waals surface area (Å²) in [6.45, 7) is 1.87. The van der Waals surface area contributed by atoms with Crippen LogP contribution in [0.15, 0.2) is 40.9 Å². The number of ether oxygens (including phenoxy) is 1. The van der Waals surface area contributed by atoms with Crippen LogP contribution in [0.25, 0.3) is 0 Å². The third-order valence-electron chi connectivity index (χ3n) is 2.82. The number of rotatable bonds is 4. The minimum atomic E-state index is -0.536. The Kier molecular flexibility index (Phi) is 4.82. The first-order chi connectivity index (χ1) is 9.88. The Labute approximate surface area is 134 Å². The van der Waals surface area contributed by atoms with Crippen LogP contribution in [0.5, 0.6) is 11.5 Å². The summed E-state index contributed by atoms with van der Waals surface area (Å²) in [5.41, 5.74) is 6.54. The summed E-state index contributed by atoms with van der Waals surface area (Å²) in [5, 5.41) is 11.3. The maximum absolute atomic E-state index is 11.0. The second-order valence-electron chi connectivity index (χ2n) is 4.45. The Bertz CT molecular complexity index is 692. The van der Waals surface area contributed by atoms with E-state index in [4.69, 9.17) is 22.1 Å². The van der Waals surface area contributed by atoms with Crippen molar-refractivity contribution < 1.29 is 9.66 Å². The average molecular weight is 372 g/mol. The third-order valence-corrected chi connectivity index (χ3v) is 3.67. The molecule has 0 aliphatic heterocycles. The molecule has 0 saturated carbocycles. The first kappa shape index (κ1) is 15.8. The Hall–Kier alpha value is -1.63. The molecule has 21 heavy (non-hydrogen) atoms. The third kappa shape index (κ3) is 3.72. The molecule has 0 fully saturated rings. The molecule has 1 unspecified atom stereocenters. The van der Waals surface area contributed by atoms with Crippen LogP contribution in [0.1, 0.15) is 18.5 Å². The number of nitrogens with zero attached hydrogens (tertiary/aromatic N) is 1. The van der Waals surface area contributed by atoms with Gasteiger partial charge >= 0.3 is 5.69 Å². The highest BCUT2D eigenvalue weighted by molar-refractivity contribution is 9.10. The van der Waals surface area contributed by atoms with E-state index in [1.165, 1.54) is 18.2 Å². The van der Waals surface area contributed by atoms with E-state index in [9.17, 15) is 10.1 Å². The fourth-order valence-electron chi connectivity index (χ4n) is 1.72. The lowest BCUT2D eigenvalue weighted by Crippen LogP contribution is -2.04. The molecule has 0 aromatic heterocycles. The van der Waals surface area contributed by atoms with Gasteiger partial charge in [-0.05, 0) is 52.7 Å². The van der Waals surface area contributed by atoms with Crippen molar-refractivity contribution in [2.24, 2.45) is 5.73 Å². The van der Waals surface area contributed by atoms with Gasteiger partial charge in [-0.15, -0.1) is 0 Å². The van der Waals surface area contributed by atoms with Crippen LogP contribution in [0.2, 0.25) is 5.02 Å². The van der Waals surface area contributed by atoms with Gasteiger partial charge in [0.05, 0.1) is 9.40 Å². The van der Waals surface area contributed by atoms with Gasteiger partial charge in [0, 0.05) is 17.1 Å². The first-order valence-electron chi connectivity index (χ1n) is 6.05. The van der Waals surface area contributed by atoms with Gasteiger partial charge in [0.25, 0.3) is 0 Å². The minimum Gasteiger partial charge on any atom is -0.449 e. The molecule has 0 amide bonds. The Morgan fingerprint density at radius 1 is 1.29 bits per heavy atom. The molecule has 1 atom stereocenters. The van der Waals surface area contributed by atoms with Crippen molar-refractivity contribution in [2.75, 3.05) is 0 Å². The molecule has 5 nitrogen and oxygen atoms in total. The van der Waals surface area contributed by atoms with Crippen molar-refractivity contribution in [3.8, 4) is 11.5 Å². The molecule has 0 aliphatic rings. The van der Waals surface area contributed by atoms with Crippen LogP contribution in [0.4, 0.5) is 5.69 Å². The molecule has 7 heteroatoms. The second-order valence-corrected chi connectivity index (χ2v) is 5.74. The topological polar surface area (TPSA) is 78.4 Å². The van der Waals surface area contributed by atoms with E-state index in [-0.39, 0.29) is 22.5 Å². The van der Waals surface area contributed by atoms with Crippen molar-refractivity contribution >= 4 is 33.2 Å². The molecule has 0 spiro atoms. The molecule has 0 radical (unpaired) electrons. The molecule has 2 aromatic carbocycles. The van der Waals surface area contributed by atoms with Crippen molar-refractivity contribution in [1.29, 1.82) is 0 Å². The van der Waals surface area contributed by atoms with Gasteiger partial charge in [0.15, 0.2) is 0 Å². The SMILES string of the molecule is CC(N)c1ccc(Oc2ccc(Cl)cc2[N+](=O)[O-])c(Br)c1. The van der Waals surface area contributed by atoms with Crippen molar-refractivity contribution in [3.63, 3.8) is 0 Å². The molecular formula is C14H12BrClN2O3. The summed E-state index contributed by atoms with van der Waals surface area (Å²) < 4.78 is 6.27. The number of halogens is 2. The van der Waals surface area contributed by atoms with Gasteiger partial charge in [-0.25, -0.2) is 0 Å². The van der Waals surface area contributed by atoms with Crippen LogP contribution in [-0.2, 0) is 0 Å². The number of hydrogen-bond acceptors (Lipinski definition) is 4. The summed E-state index contributed by atoms with van der Waals surface area (Å²) in [7, 11) is 0. The lowest BCUT2D eigenvalue weighted by atomic mass is 10.1. The smallest absolute Gasteiger partial charge is 0.313 e. The highest BCUT2D eigenvalue weighted by Crippen LogP contribution is 2.37. The Morgan fingerprint density at radius 2 is 1.95 bits per heavy atom. The highest BCUT2D eigenvalue weighted by Gasteiger charge is 2.17. The zero-order chi connectivity index (χ0) is 15.6. The van der Waals surface area contributed by atoms with Gasteiger partial charge < -0.3 is 10.5 Å². The molecule has 2 aromatic rings. The van der Waals surface area contributed by atoms with Gasteiger partial charge in [-0.2, -0.15) is 0 Å². The quantitative estimate of drug-likeness (QED) is 0.617. The van der Waals surface area contributed by atoms with E-state index in [0.717, 1.165) is 5.56 Å². The standard InChI is InChI=1S/C14H12BrClN2O3/c1-8(17)9-2-4-13(11(15)6-9)21-14-5-3-10(16)7-12(14)18(19)20/h2-8H,17H2,1H3. The Morgan fingerprint density at radius 3 is 2.52 bits per heavy atom. The van der Waals surface area contributed by atoms with Crippen LogP contribution in [0.3, 0.4) is 0 Å². The van der Waals surface area contributed by atoms with E-state index in [1.807, 2.05) is 19.1 Å². The fourth-order valence-corrected chi connectivity index (χ4v) is 2.36. The van der Waals surface area contributed by atoms with Gasteiger partial charge in [0.2, 0.25) is 5.75 Å². The summed E-state index contributed by atoms with van der Waals surface area (Å²) >= 11 is 9.14. The minimum absolute atomic E-state index is 0.111. The number of benzene rings is 2. The van der Waals surface area contributed by atoms with Crippen LogP contribution in [0, 0.1) is 10.1 Å². The monoisotopic (exact) mass is 370 g/mol. The lowest BCUT2D eigenvalue weighted by Gasteiger charge is -2.11. The highest BCUT2D eigenvalue weighted by atomic mass is 79.9. The first-order valence-corrected chi connectivity index (χ1v) is 7.22. The zero-order valence-corrected chi connectivity index (χ0v) is 13.4. The number of nitrogens with two attached hydrogens (primary N) is 1. The van der Waals surface area contributed by atoms with Gasteiger partial charge in [0.1, 0.15) is 5.75 Å². The average Bonchev–Trinajstić information content (AvgIpc) is 2.42. The number of nitro groups is 1. The van der Waals surface area contributed by atoms with Crippen LogP contribution in [-0.4, -0.2) is 4.92 Å². The van der Waals surface area contributed by atoms with Crippen molar-refractivity contribution in [3.05, 3.63) is 61.6 Å². The second kappa shape index (κ2) is 6.43. The number of hydrogen-bond donors (Lipinski definition) is 1. The van der Waals surface area contributed by atoms with Gasteiger partial charge in [-0.1, -0.05) is 17.7 Å². The van der Waals surface area contributed by atoms with Crippen molar-refractivity contribution in [1.82, 2.24) is 0 Å². The molecule has 2 rings (SSSR count). The predicted octanol–water partition coefficient (Wildman–Crippen LogP) is 4.82. The van der Waals surface area contributed by atoms with Gasteiger partial charge in [-0.3, -0.25) is 10.1 Å². The summed E-state index contributed by atoms with van der Waals surface area (Å²) in [4.78, 5) is 10.5. The molecular weight excluding hydrogens is 360 g/mol. The normalized spacial score (nSPS) is 12.0. The maximum atomic E-state index is 11.0. The molecule has 0 bridgehead atoms. The number of nitro benzene ring substituents is 1. The summed E-state index contributed by atoms with van der Waals surface area (Å²) in [5.74, 6) is 0.587. The van der Waals surface area contributed by atoms with E-state index in [0.29, 0.717) is 10.2 Å². The van der Waals surface area contributed by atoms with E-state index in [1.54, 1.807) is 6.07 Å². The van der Waals surface area contributed by atoms with Crippen molar-refractivity contribution in [2.45, 2.75) is 13.0 Å². The summed E-state index contributed by atoms with van der Waals surface area (Å²) in [6, 6.07) is 9.48. The lowest BCUT2D eigenvalue weighted by molar-refractivity contribution is -0.385. The molecule has 2 N–H and O–H groups in total. The molecule has 110 valence electrons. The van der Waals surface area contributed by atoms with E-state index >= 15 is 0 Å². The van der Waals surface area contributed by atoms with Crippen LogP contribution < -0.4 is 10.5 Å². The zero-order valence-electron chi connectivity index (χ0n) is 11.0.